The molecule has 0 saturated carbocycles. The first-order valence-corrected chi connectivity index (χ1v) is 8.75. The number of aliphatic imine (C=N–C) groups is 1. The lowest BCUT2D eigenvalue weighted by Crippen LogP contribution is -2.38. The Labute approximate surface area is 145 Å². The van der Waals surface area contributed by atoms with Crippen LogP contribution < -0.4 is 5.32 Å². The summed E-state index contributed by atoms with van der Waals surface area (Å²) in [7, 11) is 3.39. The molecule has 0 aromatic carbocycles. The van der Waals surface area contributed by atoms with E-state index in [1.54, 1.807) is 11.3 Å². The SMILES string of the molecule is CCNC(=NCCCN(C)CC(F)(F)F)N(C)Cc1csc(C)n1. The average molecular weight is 365 g/mol. The molecule has 1 aromatic heterocycles. The molecule has 0 atom stereocenters. The maximum Gasteiger partial charge on any atom is 0.401 e. The Morgan fingerprint density at radius 2 is 2.08 bits per heavy atom. The summed E-state index contributed by atoms with van der Waals surface area (Å²) in [5.41, 5.74) is 0.982. The van der Waals surface area contributed by atoms with Gasteiger partial charge in [-0.25, -0.2) is 4.98 Å². The number of nitrogens with zero attached hydrogens (tertiary/aromatic N) is 4. The predicted molar refractivity (Wildman–Crippen MR) is 92.5 cm³/mol. The molecule has 1 heterocycles. The molecule has 1 N–H and O–H groups in total. The van der Waals surface area contributed by atoms with E-state index in [1.807, 2.05) is 31.2 Å². The normalized spacial score (nSPS) is 12.8. The highest BCUT2D eigenvalue weighted by molar-refractivity contribution is 7.09. The topological polar surface area (TPSA) is 43.8 Å². The Morgan fingerprint density at radius 3 is 2.62 bits per heavy atom. The molecular formula is C15H26F3N5S. The predicted octanol–water partition coefficient (Wildman–Crippen LogP) is 2.73. The molecule has 0 spiro atoms. The van der Waals surface area contributed by atoms with Gasteiger partial charge in [0.15, 0.2) is 5.96 Å². The number of rotatable bonds is 8. The second kappa shape index (κ2) is 9.83. The van der Waals surface area contributed by atoms with Gasteiger partial charge in [-0.1, -0.05) is 0 Å². The minimum atomic E-state index is -4.15. The Hall–Kier alpha value is -1.35. The van der Waals surface area contributed by atoms with Crippen molar-refractivity contribution in [2.75, 3.05) is 40.3 Å². The lowest BCUT2D eigenvalue weighted by Gasteiger charge is -2.21. The summed E-state index contributed by atoms with van der Waals surface area (Å²) in [6, 6.07) is 0. The summed E-state index contributed by atoms with van der Waals surface area (Å²) in [6.45, 7) is 5.26. The fraction of sp³-hybridized carbons (Fsp3) is 0.733. The zero-order chi connectivity index (χ0) is 18.2. The van der Waals surface area contributed by atoms with Gasteiger partial charge in [-0.3, -0.25) is 9.89 Å². The molecule has 0 aliphatic heterocycles. The van der Waals surface area contributed by atoms with Crippen LogP contribution in [0.25, 0.3) is 0 Å². The van der Waals surface area contributed by atoms with Gasteiger partial charge >= 0.3 is 6.18 Å². The summed E-state index contributed by atoms with van der Waals surface area (Å²) in [4.78, 5) is 12.1. The molecule has 0 amide bonds. The standard InChI is InChI=1S/C15H26F3N5S/c1-5-19-14(23(4)9-13-10-24-12(2)21-13)20-7-6-8-22(3)11-15(16,17)18/h10H,5-9,11H2,1-4H3,(H,19,20). The monoisotopic (exact) mass is 365 g/mol. The summed E-state index contributed by atoms with van der Waals surface area (Å²) >= 11 is 1.61. The minimum absolute atomic E-state index is 0.359. The molecule has 5 nitrogen and oxygen atoms in total. The fourth-order valence-corrected chi connectivity index (χ4v) is 2.78. The maximum atomic E-state index is 12.3. The highest BCUT2D eigenvalue weighted by atomic mass is 32.1. The molecule has 0 radical (unpaired) electrons. The molecule has 0 bridgehead atoms. The largest absolute Gasteiger partial charge is 0.401 e. The van der Waals surface area contributed by atoms with Crippen molar-refractivity contribution in [3.8, 4) is 0 Å². The van der Waals surface area contributed by atoms with E-state index in [0.717, 1.165) is 23.2 Å². The number of thiazole rings is 1. The average Bonchev–Trinajstić information content (AvgIpc) is 2.85. The van der Waals surface area contributed by atoms with E-state index >= 15 is 0 Å². The molecule has 0 aliphatic rings. The van der Waals surface area contributed by atoms with Gasteiger partial charge in [0.05, 0.1) is 23.8 Å². The molecule has 0 fully saturated rings. The van der Waals surface area contributed by atoms with E-state index in [0.29, 0.717) is 26.1 Å². The first kappa shape index (κ1) is 20.7. The maximum absolute atomic E-state index is 12.3. The van der Waals surface area contributed by atoms with Gasteiger partial charge in [-0.2, -0.15) is 13.2 Å². The number of nitrogens with one attached hydrogen (secondary N) is 1. The lowest BCUT2D eigenvalue weighted by atomic mass is 10.4. The third-order valence-corrected chi connectivity index (χ3v) is 3.99. The molecule has 24 heavy (non-hydrogen) atoms. The molecule has 0 saturated heterocycles. The van der Waals surface area contributed by atoms with E-state index < -0.39 is 12.7 Å². The van der Waals surface area contributed by atoms with Crippen LogP contribution in [0.2, 0.25) is 0 Å². The number of aryl methyl sites for hydroxylation is 1. The van der Waals surface area contributed by atoms with E-state index in [1.165, 1.54) is 11.9 Å². The number of hydrogen-bond acceptors (Lipinski definition) is 4. The van der Waals surface area contributed by atoms with Crippen LogP contribution in [0.4, 0.5) is 13.2 Å². The number of aromatic nitrogens is 1. The van der Waals surface area contributed by atoms with Crippen molar-refractivity contribution in [2.24, 2.45) is 4.99 Å². The second-order valence-corrected chi connectivity index (χ2v) is 6.72. The van der Waals surface area contributed by atoms with Crippen molar-refractivity contribution in [1.82, 2.24) is 20.1 Å². The minimum Gasteiger partial charge on any atom is -0.357 e. The van der Waals surface area contributed by atoms with Crippen molar-refractivity contribution < 1.29 is 13.2 Å². The van der Waals surface area contributed by atoms with Gasteiger partial charge in [-0.15, -0.1) is 11.3 Å². The quantitative estimate of drug-likeness (QED) is 0.437. The zero-order valence-electron chi connectivity index (χ0n) is 14.7. The number of guanidine groups is 1. The Balaban J connectivity index is 2.46. The summed E-state index contributed by atoms with van der Waals surface area (Å²) < 4.78 is 36.8. The van der Waals surface area contributed by atoms with E-state index in [9.17, 15) is 13.2 Å². The second-order valence-electron chi connectivity index (χ2n) is 5.66. The van der Waals surface area contributed by atoms with E-state index in [2.05, 4.69) is 15.3 Å². The number of hydrogen-bond donors (Lipinski definition) is 1. The van der Waals surface area contributed by atoms with Crippen molar-refractivity contribution >= 4 is 17.3 Å². The van der Waals surface area contributed by atoms with Crippen LogP contribution in [0.3, 0.4) is 0 Å². The van der Waals surface area contributed by atoms with Crippen LogP contribution in [0.15, 0.2) is 10.4 Å². The lowest BCUT2D eigenvalue weighted by molar-refractivity contribution is -0.143. The summed E-state index contributed by atoms with van der Waals surface area (Å²) in [5.74, 6) is 0.738. The number of halogens is 3. The van der Waals surface area contributed by atoms with Crippen LogP contribution in [0.1, 0.15) is 24.0 Å². The third kappa shape index (κ3) is 8.49. The molecule has 0 unspecified atom stereocenters. The molecule has 0 aliphatic carbocycles. The van der Waals surface area contributed by atoms with Gasteiger partial charge < -0.3 is 10.2 Å². The molecule has 1 rings (SSSR count). The third-order valence-electron chi connectivity index (χ3n) is 3.17. The van der Waals surface area contributed by atoms with Crippen molar-refractivity contribution in [1.29, 1.82) is 0 Å². The molecule has 1 aromatic rings. The van der Waals surface area contributed by atoms with Gasteiger partial charge in [0, 0.05) is 25.5 Å². The van der Waals surface area contributed by atoms with Crippen LogP contribution in [-0.4, -0.2) is 67.2 Å². The van der Waals surface area contributed by atoms with E-state index in [4.69, 9.17) is 0 Å². The van der Waals surface area contributed by atoms with Crippen molar-refractivity contribution in [3.05, 3.63) is 16.1 Å². The van der Waals surface area contributed by atoms with Crippen LogP contribution >= 0.6 is 11.3 Å². The Kier molecular flexibility index (Phi) is 8.47. The molecule has 9 heteroatoms. The van der Waals surface area contributed by atoms with Gasteiger partial charge in [0.25, 0.3) is 0 Å². The van der Waals surface area contributed by atoms with Gasteiger partial charge in [0.1, 0.15) is 0 Å². The molecule has 138 valence electrons. The summed E-state index contributed by atoms with van der Waals surface area (Å²) in [6.07, 6.45) is -3.58. The smallest absolute Gasteiger partial charge is 0.357 e. The molecular weight excluding hydrogens is 339 g/mol. The van der Waals surface area contributed by atoms with Gasteiger partial charge in [0.2, 0.25) is 0 Å². The van der Waals surface area contributed by atoms with Gasteiger partial charge in [-0.05, 0) is 33.9 Å². The van der Waals surface area contributed by atoms with Crippen LogP contribution in [-0.2, 0) is 6.54 Å². The first-order chi connectivity index (χ1) is 11.2. The zero-order valence-corrected chi connectivity index (χ0v) is 15.5. The highest BCUT2D eigenvalue weighted by Crippen LogP contribution is 2.15. The fourth-order valence-electron chi connectivity index (χ4n) is 2.18. The Bertz CT molecular complexity index is 515. The van der Waals surface area contributed by atoms with Crippen molar-refractivity contribution in [3.63, 3.8) is 0 Å². The van der Waals surface area contributed by atoms with Crippen LogP contribution in [0.5, 0.6) is 0 Å². The van der Waals surface area contributed by atoms with E-state index in [-0.39, 0.29) is 0 Å². The number of alkyl halides is 3. The Morgan fingerprint density at radius 1 is 1.38 bits per heavy atom. The first-order valence-electron chi connectivity index (χ1n) is 7.87. The van der Waals surface area contributed by atoms with Crippen LogP contribution in [0, 0.1) is 6.92 Å². The highest BCUT2D eigenvalue weighted by Gasteiger charge is 2.28. The summed E-state index contributed by atoms with van der Waals surface area (Å²) in [5, 5.41) is 6.23. The van der Waals surface area contributed by atoms with Crippen molar-refractivity contribution in [2.45, 2.75) is 33.0 Å².